The summed E-state index contributed by atoms with van der Waals surface area (Å²) in [6.45, 7) is 4.44. The molecule has 1 aromatic carbocycles. The van der Waals surface area contributed by atoms with Crippen molar-refractivity contribution in [2.75, 3.05) is 23.8 Å². The second kappa shape index (κ2) is 13.2. The third kappa shape index (κ3) is 7.23. The van der Waals surface area contributed by atoms with Crippen LogP contribution in [0.1, 0.15) is 26.6 Å². The highest BCUT2D eigenvalue weighted by Crippen LogP contribution is 2.41. The first-order valence-electron chi connectivity index (χ1n) is 13.1. The molecule has 1 saturated heterocycles. The summed E-state index contributed by atoms with van der Waals surface area (Å²) >= 11 is 3.32. The van der Waals surface area contributed by atoms with Gasteiger partial charge in [-0.25, -0.2) is 9.59 Å². The SMILES string of the molecule is CC(C)(C)OC(=O)CO/N=C(/C(=O)NC1C(=O)N2C(C(=O)O)=C(CSc3nnnn3-c3ccccc3)CSC12)c1nsc(N)n1. The van der Waals surface area contributed by atoms with Gasteiger partial charge >= 0.3 is 11.9 Å². The Kier molecular flexibility index (Phi) is 9.34. The molecule has 0 bridgehead atoms. The average Bonchev–Trinajstić information content (AvgIpc) is 3.64. The number of esters is 1. The fourth-order valence-electron chi connectivity index (χ4n) is 4.19. The lowest BCUT2D eigenvalue weighted by atomic mass is 10.0. The van der Waals surface area contributed by atoms with Gasteiger partial charge in [0.1, 0.15) is 22.7 Å². The van der Waals surface area contributed by atoms with Crippen LogP contribution >= 0.6 is 35.1 Å². The topological polar surface area (TPSA) is 230 Å². The number of anilines is 1. The second-order valence-corrected chi connectivity index (χ2v) is 13.2. The first kappa shape index (κ1) is 31.9. The molecular formula is C25H26N10O7S3. The number of carbonyl (C=O) groups is 4. The van der Waals surface area contributed by atoms with Crippen LogP contribution in [0.15, 0.2) is 51.9 Å². The van der Waals surface area contributed by atoms with Crippen LogP contribution in [0.4, 0.5) is 5.13 Å². The van der Waals surface area contributed by atoms with Crippen molar-refractivity contribution in [3.8, 4) is 5.69 Å². The van der Waals surface area contributed by atoms with Crippen LogP contribution in [0, 0.1) is 0 Å². The van der Waals surface area contributed by atoms with Crippen LogP contribution in [-0.4, -0.2) is 104 Å². The number of hydrogen-bond donors (Lipinski definition) is 3. The van der Waals surface area contributed by atoms with Crippen molar-refractivity contribution in [1.82, 2.24) is 39.8 Å². The highest BCUT2D eigenvalue weighted by Gasteiger charge is 2.54. The van der Waals surface area contributed by atoms with Crippen molar-refractivity contribution in [1.29, 1.82) is 0 Å². The summed E-state index contributed by atoms with van der Waals surface area (Å²) in [5.74, 6) is -3.22. The Morgan fingerprint density at radius 1 is 1.24 bits per heavy atom. The van der Waals surface area contributed by atoms with Crippen molar-refractivity contribution in [3.63, 3.8) is 0 Å². The molecule has 2 aliphatic heterocycles. The molecule has 5 rings (SSSR count). The number of para-hydroxylation sites is 1. The predicted molar refractivity (Wildman–Crippen MR) is 162 cm³/mol. The number of β-lactam (4-membered cyclic amide) rings is 1. The molecule has 1 fully saturated rings. The van der Waals surface area contributed by atoms with E-state index in [1.807, 2.05) is 30.3 Å². The summed E-state index contributed by atoms with van der Waals surface area (Å²) in [6, 6.07) is 8.13. The number of carbonyl (C=O) groups excluding carboxylic acids is 3. The van der Waals surface area contributed by atoms with Crippen molar-refractivity contribution in [2.24, 2.45) is 5.16 Å². The summed E-state index contributed by atoms with van der Waals surface area (Å²) in [6.07, 6.45) is 0. The molecule has 236 valence electrons. The van der Waals surface area contributed by atoms with Gasteiger partial charge < -0.3 is 25.7 Å². The lowest BCUT2D eigenvalue weighted by Gasteiger charge is -2.49. The predicted octanol–water partition coefficient (Wildman–Crippen LogP) is 0.689. The maximum Gasteiger partial charge on any atom is 0.352 e. The summed E-state index contributed by atoms with van der Waals surface area (Å²) < 4.78 is 10.7. The van der Waals surface area contributed by atoms with Gasteiger partial charge in [0.25, 0.3) is 11.8 Å². The smallest absolute Gasteiger partial charge is 0.352 e. The number of nitrogens with one attached hydrogen (secondary N) is 1. The number of carboxylic acids is 1. The number of aliphatic carboxylic acids is 1. The molecule has 4 heterocycles. The Hall–Kier alpha value is -4.56. The third-order valence-corrected chi connectivity index (χ3v) is 8.87. The standard InChI is InChI=1S/C25H26N10O7S3/c1-25(2,3)42-14(36)9-41-30-15(18-28-23(26)45-31-18)19(37)27-16-20(38)34-17(22(39)40)12(10-43-21(16)34)11-44-24-29-32-33-35(24)13-7-5-4-6-8-13/h4-8,16,21H,9-11H2,1-3H3,(H,27,37)(H,39,40)(H2,26,28,31)/b30-15+. The Morgan fingerprint density at radius 3 is 2.67 bits per heavy atom. The minimum absolute atomic E-state index is 0.0470. The Bertz CT molecular complexity index is 1690. The van der Waals surface area contributed by atoms with Crippen molar-refractivity contribution < 1.29 is 33.9 Å². The first-order valence-corrected chi connectivity index (χ1v) is 15.9. The highest BCUT2D eigenvalue weighted by molar-refractivity contribution is 8.01. The van der Waals surface area contributed by atoms with Gasteiger partial charge in [0.2, 0.25) is 23.3 Å². The summed E-state index contributed by atoms with van der Waals surface area (Å²) in [7, 11) is 0. The molecule has 2 aliphatic rings. The van der Waals surface area contributed by atoms with Crippen molar-refractivity contribution >= 4 is 69.7 Å². The molecule has 0 spiro atoms. The fourth-order valence-corrected chi connectivity index (χ4v) is 7.00. The van der Waals surface area contributed by atoms with Crippen molar-refractivity contribution in [2.45, 2.75) is 42.9 Å². The van der Waals surface area contributed by atoms with Crippen LogP contribution in [0.5, 0.6) is 0 Å². The molecule has 2 atom stereocenters. The van der Waals surface area contributed by atoms with Crippen LogP contribution in [0.2, 0.25) is 0 Å². The van der Waals surface area contributed by atoms with Gasteiger partial charge in [0, 0.05) is 23.0 Å². The van der Waals surface area contributed by atoms with E-state index in [0.717, 1.165) is 22.1 Å². The van der Waals surface area contributed by atoms with Gasteiger partial charge in [-0.1, -0.05) is 35.1 Å². The van der Waals surface area contributed by atoms with E-state index < -0.39 is 53.1 Å². The van der Waals surface area contributed by atoms with E-state index in [9.17, 15) is 24.3 Å². The fraction of sp³-hybridized carbons (Fsp3) is 0.360. The molecule has 2 amide bonds. The van der Waals surface area contributed by atoms with Gasteiger partial charge in [-0.05, 0) is 48.9 Å². The number of benzene rings is 1. The van der Waals surface area contributed by atoms with Crippen LogP contribution in [-0.2, 0) is 28.8 Å². The molecule has 0 radical (unpaired) electrons. The van der Waals surface area contributed by atoms with Crippen LogP contribution in [0.25, 0.3) is 5.69 Å². The van der Waals surface area contributed by atoms with E-state index in [2.05, 4.69) is 35.4 Å². The van der Waals surface area contributed by atoms with Crippen LogP contribution in [0.3, 0.4) is 0 Å². The monoisotopic (exact) mass is 674 g/mol. The number of nitrogen functional groups attached to an aromatic ring is 1. The molecule has 2 unspecified atom stereocenters. The number of thioether (sulfide) groups is 2. The number of nitrogens with two attached hydrogens (primary N) is 1. The molecule has 20 heteroatoms. The number of hydrogen-bond acceptors (Lipinski definition) is 16. The number of fused-ring (bicyclic) bond motifs is 1. The number of ether oxygens (including phenoxy) is 1. The molecular weight excluding hydrogens is 649 g/mol. The third-order valence-electron chi connectivity index (χ3n) is 5.98. The van der Waals surface area contributed by atoms with E-state index in [4.69, 9.17) is 15.3 Å². The number of rotatable bonds is 11. The Morgan fingerprint density at radius 2 is 2.00 bits per heavy atom. The molecule has 17 nitrogen and oxygen atoms in total. The van der Waals surface area contributed by atoms with Gasteiger partial charge in [-0.2, -0.15) is 14.0 Å². The largest absolute Gasteiger partial charge is 0.477 e. The van der Waals surface area contributed by atoms with Gasteiger partial charge in [0.05, 0.1) is 5.69 Å². The highest BCUT2D eigenvalue weighted by atomic mass is 32.2. The zero-order valence-electron chi connectivity index (χ0n) is 23.9. The lowest BCUT2D eigenvalue weighted by molar-refractivity contribution is -0.160. The molecule has 2 aromatic heterocycles. The number of amides is 2. The quantitative estimate of drug-likeness (QED) is 0.0835. The second-order valence-electron chi connectivity index (χ2n) is 10.4. The maximum atomic E-state index is 13.3. The van der Waals surface area contributed by atoms with Gasteiger partial charge in [-0.3, -0.25) is 14.5 Å². The average molecular weight is 675 g/mol. The molecule has 45 heavy (non-hydrogen) atoms. The molecule has 3 aromatic rings. The van der Waals surface area contributed by atoms with Gasteiger partial charge in [0.15, 0.2) is 5.13 Å². The Labute approximate surface area is 267 Å². The molecule has 4 N–H and O–H groups in total. The Balaban J connectivity index is 1.28. The van der Waals surface area contributed by atoms with E-state index in [-0.39, 0.29) is 28.2 Å². The molecule has 0 saturated carbocycles. The van der Waals surface area contributed by atoms with Crippen LogP contribution < -0.4 is 11.1 Å². The number of tetrazole rings is 1. The van der Waals surface area contributed by atoms with Crippen molar-refractivity contribution in [3.05, 3.63) is 47.4 Å². The van der Waals surface area contributed by atoms with E-state index in [1.54, 1.807) is 20.8 Å². The summed E-state index contributed by atoms with van der Waals surface area (Å²) in [5, 5.41) is 27.9. The minimum atomic E-state index is -1.28. The number of aromatic nitrogens is 6. The number of carboxylic acid groups (broad SMARTS) is 1. The van der Waals surface area contributed by atoms with E-state index in [0.29, 0.717) is 10.7 Å². The van der Waals surface area contributed by atoms with Gasteiger partial charge in [-0.15, -0.1) is 16.9 Å². The number of nitrogens with zero attached hydrogens (tertiary/aromatic N) is 8. The summed E-state index contributed by atoms with van der Waals surface area (Å²) in [5.41, 5.74) is 5.54. The number of oxime groups is 1. The zero-order valence-corrected chi connectivity index (χ0v) is 26.4. The maximum absolute atomic E-state index is 13.3. The first-order chi connectivity index (χ1) is 21.4. The van der Waals surface area contributed by atoms with E-state index in [1.165, 1.54) is 28.2 Å². The zero-order chi connectivity index (χ0) is 32.3. The lowest BCUT2D eigenvalue weighted by Crippen LogP contribution is -2.71. The minimum Gasteiger partial charge on any atom is -0.477 e. The summed E-state index contributed by atoms with van der Waals surface area (Å²) in [4.78, 5) is 61.0. The van der Waals surface area contributed by atoms with E-state index >= 15 is 0 Å². The molecule has 0 aliphatic carbocycles. The normalized spacial score (nSPS) is 18.2.